The van der Waals surface area contributed by atoms with Crippen LogP contribution in [0.4, 0.5) is 0 Å². The van der Waals surface area contributed by atoms with Crippen molar-refractivity contribution in [1.29, 1.82) is 0 Å². The van der Waals surface area contributed by atoms with Gasteiger partial charge in [-0.25, -0.2) is 0 Å². The molecule has 0 aromatic heterocycles. The third kappa shape index (κ3) is 6.30. The zero-order chi connectivity index (χ0) is 7.98. The topological polar surface area (TPSA) is 37.3 Å². The van der Waals surface area contributed by atoms with Gasteiger partial charge in [-0.05, 0) is 12.8 Å². The Bertz CT molecular complexity index is 104. The Balaban J connectivity index is 0. The van der Waals surface area contributed by atoms with Gasteiger partial charge in [-0.1, -0.05) is 26.7 Å². The maximum Gasteiger partial charge on any atom is 0.306 e. The van der Waals surface area contributed by atoms with Crippen LogP contribution in [0.5, 0.6) is 0 Å². The van der Waals surface area contributed by atoms with Crippen molar-refractivity contribution in [2.45, 2.75) is 39.5 Å². The highest BCUT2D eigenvalue weighted by Crippen LogP contribution is 2.11. The van der Waals surface area contributed by atoms with E-state index in [9.17, 15) is 4.79 Å². The van der Waals surface area contributed by atoms with Crippen LogP contribution in [0.3, 0.4) is 0 Å². The summed E-state index contributed by atoms with van der Waals surface area (Å²) in [5.41, 5.74) is 0. The Labute approximate surface area is 72.0 Å². The lowest BCUT2D eigenvalue weighted by atomic mass is 10.00. The van der Waals surface area contributed by atoms with Crippen molar-refractivity contribution in [1.82, 2.24) is 0 Å². The third-order valence-electron chi connectivity index (χ3n) is 1.75. The third-order valence-corrected chi connectivity index (χ3v) is 1.75. The standard InChI is InChI=1S/C8H16O2.H3P/c1-3-5-6-7(4-2)8(9)10;/h7H,3-6H2,1-2H3,(H,9,10);1H3. The molecule has 0 fully saturated rings. The summed E-state index contributed by atoms with van der Waals surface area (Å²) in [7, 11) is 0. The molecule has 0 aromatic carbocycles. The molecule has 1 N–H and O–H groups in total. The summed E-state index contributed by atoms with van der Waals surface area (Å²) < 4.78 is 0. The Morgan fingerprint density at radius 2 is 2.00 bits per heavy atom. The van der Waals surface area contributed by atoms with Gasteiger partial charge in [-0.2, -0.15) is 9.90 Å². The zero-order valence-corrected chi connectivity index (χ0v) is 8.88. The quantitative estimate of drug-likeness (QED) is 0.656. The van der Waals surface area contributed by atoms with E-state index in [1.54, 1.807) is 0 Å². The van der Waals surface area contributed by atoms with E-state index in [-0.39, 0.29) is 15.8 Å². The number of carboxylic acids is 1. The summed E-state index contributed by atoms with van der Waals surface area (Å²) >= 11 is 0. The molecule has 0 spiro atoms. The molecule has 0 bridgehead atoms. The van der Waals surface area contributed by atoms with E-state index in [1.165, 1.54) is 0 Å². The lowest BCUT2D eigenvalue weighted by molar-refractivity contribution is -0.142. The summed E-state index contributed by atoms with van der Waals surface area (Å²) in [5, 5.41) is 8.60. The van der Waals surface area contributed by atoms with E-state index in [0.29, 0.717) is 0 Å². The Morgan fingerprint density at radius 3 is 2.27 bits per heavy atom. The molecule has 11 heavy (non-hydrogen) atoms. The van der Waals surface area contributed by atoms with Crippen LogP contribution in [0.1, 0.15) is 39.5 Å². The highest BCUT2D eigenvalue weighted by atomic mass is 31.0. The second kappa shape index (κ2) is 8.00. The van der Waals surface area contributed by atoms with Crippen molar-refractivity contribution in [2.24, 2.45) is 5.92 Å². The minimum absolute atomic E-state index is 0. The number of unbranched alkanes of at least 4 members (excludes halogenated alkanes) is 1. The lowest BCUT2D eigenvalue weighted by Crippen LogP contribution is -2.11. The van der Waals surface area contributed by atoms with Gasteiger partial charge in [-0.15, -0.1) is 0 Å². The van der Waals surface area contributed by atoms with Crippen molar-refractivity contribution in [3.8, 4) is 0 Å². The second-order valence-electron chi connectivity index (χ2n) is 2.59. The molecule has 0 saturated heterocycles. The van der Waals surface area contributed by atoms with Crippen LogP contribution in [-0.4, -0.2) is 11.1 Å². The average Bonchev–Trinajstić information content (AvgIpc) is 1.89. The molecule has 0 rings (SSSR count). The number of aliphatic carboxylic acids is 1. The first-order valence-corrected chi connectivity index (χ1v) is 3.95. The maximum absolute atomic E-state index is 10.4. The molecule has 0 aromatic rings. The predicted molar refractivity (Wildman–Crippen MR) is 52.0 cm³/mol. The largest absolute Gasteiger partial charge is 0.481 e. The van der Waals surface area contributed by atoms with Gasteiger partial charge in [0.15, 0.2) is 0 Å². The molecule has 0 heterocycles. The van der Waals surface area contributed by atoms with E-state index in [0.717, 1.165) is 25.7 Å². The van der Waals surface area contributed by atoms with E-state index in [1.807, 2.05) is 6.92 Å². The van der Waals surface area contributed by atoms with Crippen LogP contribution >= 0.6 is 9.90 Å². The van der Waals surface area contributed by atoms with Crippen LogP contribution in [0.25, 0.3) is 0 Å². The molecule has 0 aliphatic heterocycles. The van der Waals surface area contributed by atoms with Crippen LogP contribution < -0.4 is 0 Å². The molecular weight excluding hydrogens is 159 g/mol. The summed E-state index contributed by atoms with van der Waals surface area (Å²) in [6, 6.07) is 0. The average molecular weight is 178 g/mol. The number of carboxylic acid groups (broad SMARTS) is 1. The molecule has 0 aliphatic rings. The first-order valence-electron chi connectivity index (χ1n) is 3.95. The normalized spacial score (nSPS) is 11.8. The number of hydrogen-bond donors (Lipinski definition) is 1. The van der Waals surface area contributed by atoms with E-state index in [4.69, 9.17) is 5.11 Å². The lowest BCUT2D eigenvalue weighted by Gasteiger charge is -2.06. The van der Waals surface area contributed by atoms with Crippen molar-refractivity contribution in [3.05, 3.63) is 0 Å². The highest BCUT2D eigenvalue weighted by molar-refractivity contribution is 6.92. The monoisotopic (exact) mass is 178 g/mol. The minimum atomic E-state index is -0.643. The molecule has 2 unspecified atom stereocenters. The molecular formula is C8H19O2P. The van der Waals surface area contributed by atoms with Gasteiger partial charge >= 0.3 is 5.97 Å². The minimum Gasteiger partial charge on any atom is -0.481 e. The van der Waals surface area contributed by atoms with Gasteiger partial charge in [0.2, 0.25) is 0 Å². The van der Waals surface area contributed by atoms with Crippen LogP contribution in [0.2, 0.25) is 0 Å². The Morgan fingerprint density at radius 1 is 1.45 bits per heavy atom. The second-order valence-corrected chi connectivity index (χ2v) is 2.59. The summed E-state index contributed by atoms with van der Waals surface area (Å²) in [4.78, 5) is 10.4. The first kappa shape index (κ1) is 13.5. The Kier molecular flexibility index (Phi) is 9.81. The van der Waals surface area contributed by atoms with Crippen molar-refractivity contribution < 1.29 is 9.90 Å². The van der Waals surface area contributed by atoms with Crippen molar-refractivity contribution >= 4 is 15.9 Å². The first-order chi connectivity index (χ1) is 4.72. The summed E-state index contributed by atoms with van der Waals surface area (Å²) in [5.74, 6) is -0.754. The molecule has 68 valence electrons. The van der Waals surface area contributed by atoms with E-state index in [2.05, 4.69) is 6.92 Å². The number of rotatable bonds is 5. The van der Waals surface area contributed by atoms with Gasteiger partial charge in [-0.3, -0.25) is 4.79 Å². The van der Waals surface area contributed by atoms with Gasteiger partial charge in [0.1, 0.15) is 0 Å². The summed E-state index contributed by atoms with van der Waals surface area (Å²) in [6.07, 6.45) is 3.71. The van der Waals surface area contributed by atoms with Gasteiger partial charge < -0.3 is 5.11 Å². The fraction of sp³-hybridized carbons (Fsp3) is 0.875. The molecule has 0 radical (unpaired) electrons. The fourth-order valence-electron chi connectivity index (χ4n) is 0.953. The van der Waals surface area contributed by atoms with Crippen molar-refractivity contribution in [2.75, 3.05) is 0 Å². The van der Waals surface area contributed by atoms with Gasteiger partial charge in [0.25, 0.3) is 0 Å². The molecule has 0 amide bonds. The SMILES string of the molecule is CCCCC(CC)C(=O)O.P. The van der Waals surface area contributed by atoms with E-state index >= 15 is 0 Å². The molecule has 0 aliphatic carbocycles. The van der Waals surface area contributed by atoms with Gasteiger partial charge in [0.05, 0.1) is 5.92 Å². The Hall–Kier alpha value is -0.100. The van der Waals surface area contributed by atoms with Gasteiger partial charge in [0, 0.05) is 0 Å². The number of carbonyl (C=O) groups is 1. The molecule has 2 atom stereocenters. The molecule has 0 saturated carbocycles. The number of hydrogen-bond acceptors (Lipinski definition) is 1. The van der Waals surface area contributed by atoms with E-state index < -0.39 is 5.97 Å². The van der Waals surface area contributed by atoms with Crippen molar-refractivity contribution in [3.63, 3.8) is 0 Å². The molecule has 2 nitrogen and oxygen atoms in total. The smallest absolute Gasteiger partial charge is 0.306 e. The molecule has 3 heteroatoms. The summed E-state index contributed by atoms with van der Waals surface area (Å²) in [6.45, 7) is 4.00. The van der Waals surface area contributed by atoms with Crippen LogP contribution in [0, 0.1) is 5.92 Å². The highest BCUT2D eigenvalue weighted by Gasteiger charge is 2.12. The van der Waals surface area contributed by atoms with Crippen LogP contribution in [-0.2, 0) is 4.79 Å². The predicted octanol–water partition coefficient (Wildman–Crippen LogP) is 2.35. The van der Waals surface area contributed by atoms with Crippen LogP contribution in [0.15, 0.2) is 0 Å². The fourth-order valence-corrected chi connectivity index (χ4v) is 0.953. The zero-order valence-electron chi connectivity index (χ0n) is 7.47. The maximum atomic E-state index is 10.4.